The van der Waals surface area contributed by atoms with Crippen molar-refractivity contribution in [2.24, 2.45) is 5.92 Å². The molecule has 2 amide bonds. The van der Waals surface area contributed by atoms with E-state index in [0.29, 0.717) is 44.3 Å². The molecule has 1 fully saturated rings. The zero-order valence-electron chi connectivity index (χ0n) is 21.8. The second kappa shape index (κ2) is 12.2. The first-order chi connectivity index (χ1) is 17.4. The number of aliphatic hydroxyl groups is 1. The minimum absolute atomic E-state index is 0.0270. The Morgan fingerprint density at radius 1 is 1.31 bits per heavy atom. The van der Waals surface area contributed by atoms with Crippen molar-refractivity contribution in [2.45, 2.75) is 51.7 Å². The van der Waals surface area contributed by atoms with Crippen molar-refractivity contribution in [3.8, 4) is 5.88 Å². The monoisotopic (exact) mass is 500 g/mol. The van der Waals surface area contributed by atoms with Crippen LogP contribution in [0.5, 0.6) is 5.88 Å². The highest BCUT2D eigenvalue weighted by Crippen LogP contribution is 2.32. The largest absolute Gasteiger partial charge is 0.472 e. The number of allylic oxidation sites excluding steroid dienone is 2. The molecule has 3 aliphatic rings. The van der Waals surface area contributed by atoms with E-state index >= 15 is 0 Å². The van der Waals surface area contributed by atoms with E-state index in [1.807, 2.05) is 19.9 Å². The van der Waals surface area contributed by atoms with Gasteiger partial charge in [-0.05, 0) is 49.8 Å². The van der Waals surface area contributed by atoms with Gasteiger partial charge in [0, 0.05) is 38.8 Å². The van der Waals surface area contributed by atoms with Gasteiger partial charge in [0.2, 0.25) is 11.8 Å². The number of morpholine rings is 1. The minimum atomic E-state index is -0.351. The Kier molecular flexibility index (Phi) is 8.98. The average molecular weight is 501 g/mol. The molecule has 0 aromatic carbocycles. The van der Waals surface area contributed by atoms with Gasteiger partial charge in [-0.3, -0.25) is 14.5 Å². The van der Waals surface area contributed by atoms with E-state index in [1.54, 1.807) is 23.0 Å². The maximum absolute atomic E-state index is 13.6. The Labute approximate surface area is 214 Å². The van der Waals surface area contributed by atoms with Gasteiger partial charge in [-0.25, -0.2) is 4.98 Å². The van der Waals surface area contributed by atoms with E-state index in [9.17, 15) is 14.7 Å². The molecule has 1 N–H and O–H groups in total. The third-order valence-corrected chi connectivity index (χ3v) is 7.52. The number of aromatic nitrogens is 1. The van der Waals surface area contributed by atoms with Crippen molar-refractivity contribution >= 4 is 17.4 Å². The lowest BCUT2D eigenvalue weighted by molar-refractivity contribution is -0.133. The number of carbonyl (C=O) groups excluding carboxylic acids is 2. The number of carbonyl (C=O) groups is 2. The zero-order chi connectivity index (χ0) is 25.7. The molecule has 36 heavy (non-hydrogen) atoms. The predicted molar refractivity (Wildman–Crippen MR) is 137 cm³/mol. The molecule has 4 rings (SSSR count). The molecule has 1 saturated heterocycles. The lowest BCUT2D eigenvalue weighted by Gasteiger charge is -2.38. The normalized spacial score (nSPS) is 24.2. The highest BCUT2D eigenvalue weighted by Gasteiger charge is 2.35. The molecule has 3 atom stereocenters. The molecule has 9 nitrogen and oxygen atoms in total. The second-order valence-corrected chi connectivity index (χ2v) is 10.3. The summed E-state index contributed by atoms with van der Waals surface area (Å²) in [7, 11) is 1.80. The first-order valence-corrected chi connectivity index (χ1v) is 13.2. The second-order valence-electron chi connectivity index (χ2n) is 10.3. The van der Waals surface area contributed by atoms with Gasteiger partial charge in [0.1, 0.15) is 11.7 Å². The molecule has 1 aromatic heterocycles. The van der Waals surface area contributed by atoms with Crippen LogP contribution in [0.25, 0.3) is 5.57 Å². The van der Waals surface area contributed by atoms with Crippen LogP contribution < -0.4 is 4.74 Å². The van der Waals surface area contributed by atoms with Gasteiger partial charge in [0.15, 0.2) is 0 Å². The highest BCUT2D eigenvalue weighted by molar-refractivity contribution is 5.97. The fraction of sp³-hybridized carbons (Fsp3) is 0.667. The molecule has 1 aromatic rings. The lowest BCUT2D eigenvalue weighted by atomic mass is 9.93. The van der Waals surface area contributed by atoms with Gasteiger partial charge >= 0.3 is 0 Å². The molecule has 3 heterocycles. The maximum atomic E-state index is 13.6. The summed E-state index contributed by atoms with van der Waals surface area (Å²) in [6.07, 6.45) is 8.00. The number of hydrogen-bond acceptors (Lipinski definition) is 7. The summed E-state index contributed by atoms with van der Waals surface area (Å²) >= 11 is 0. The van der Waals surface area contributed by atoms with Crippen LogP contribution in [0.1, 0.15) is 55.5 Å². The topological polar surface area (TPSA) is 95.4 Å². The molecular weight excluding hydrogens is 460 g/mol. The number of nitrogens with zero attached hydrogens (tertiary/aromatic N) is 4. The van der Waals surface area contributed by atoms with Crippen LogP contribution in [0.2, 0.25) is 0 Å². The van der Waals surface area contributed by atoms with Gasteiger partial charge in [-0.2, -0.15) is 0 Å². The van der Waals surface area contributed by atoms with E-state index in [0.717, 1.165) is 37.9 Å². The van der Waals surface area contributed by atoms with Crippen molar-refractivity contribution in [3.05, 3.63) is 29.5 Å². The Bertz CT molecular complexity index is 961. The van der Waals surface area contributed by atoms with Crippen LogP contribution in [0.15, 0.2) is 18.3 Å². The van der Waals surface area contributed by atoms with Crippen molar-refractivity contribution in [1.82, 2.24) is 19.7 Å². The highest BCUT2D eigenvalue weighted by atomic mass is 16.5. The quantitative estimate of drug-likeness (QED) is 0.612. The van der Waals surface area contributed by atoms with E-state index in [4.69, 9.17) is 9.47 Å². The number of aliphatic hydroxyl groups excluding tert-OH is 1. The van der Waals surface area contributed by atoms with Crippen LogP contribution in [0.3, 0.4) is 0 Å². The van der Waals surface area contributed by atoms with Gasteiger partial charge < -0.3 is 24.4 Å². The van der Waals surface area contributed by atoms with Crippen molar-refractivity contribution in [2.75, 3.05) is 59.6 Å². The third kappa shape index (κ3) is 6.25. The SMILES string of the molecule is C[C@@H]1CN([C@@H](C)CO)C(=O)c2cc(C3=CCCCC3)cnc2O[C@@H]1CN(C)C(=O)CN1CCOCC1. The van der Waals surface area contributed by atoms with Crippen molar-refractivity contribution in [1.29, 1.82) is 0 Å². The van der Waals surface area contributed by atoms with E-state index in [1.165, 1.54) is 12.0 Å². The summed E-state index contributed by atoms with van der Waals surface area (Å²) in [6, 6.07) is 1.55. The van der Waals surface area contributed by atoms with Crippen molar-refractivity contribution in [3.63, 3.8) is 0 Å². The Morgan fingerprint density at radius 3 is 2.78 bits per heavy atom. The Morgan fingerprint density at radius 2 is 2.08 bits per heavy atom. The molecule has 0 radical (unpaired) electrons. The molecule has 0 unspecified atom stereocenters. The van der Waals surface area contributed by atoms with Gasteiger partial charge in [0.25, 0.3) is 5.91 Å². The first kappa shape index (κ1) is 26.6. The van der Waals surface area contributed by atoms with Crippen LogP contribution >= 0.6 is 0 Å². The summed E-state index contributed by atoms with van der Waals surface area (Å²) in [4.78, 5) is 36.7. The molecule has 1 aliphatic carbocycles. The van der Waals surface area contributed by atoms with Crippen LogP contribution in [0, 0.1) is 5.92 Å². The summed E-state index contributed by atoms with van der Waals surface area (Å²) < 4.78 is 11.7. The zero-order valence-corrected chi connectivity index (χ0v) is 21.8. The van der Waals surface area contributed by atoms with Crippen molar-refractivity contribution < 1.29 is 24.2 Å². The number of likely N-dealkylation sites (N-methyl/N-ethyl adjacent to an activating group) is 1. The van der Waals surface area contributed by atoms with E-state index in [2.05, 4.69) is 16.0 Å². The summed E-state index contributed by atoms with van der Waals surface area (Å²) in [5, 5.41) is 9.88. The first-order valence-electron chi connectivity index (χ1n) is 13.2. The van der Waals surface area contributed by atoms with Gasteiger partial charge in [0.05, 0.1) is 39.0 Å². The molecule has 0 bridgehead atoms. The number of ether oxygens (including phenoxy) is 2. The third-order valence-electron chi connectivity index (χ3n) is 7.52. The van der Waals surface area contributed by atoms with Crippen LogP contribution in [-0.2, 0) is 9.53 Å². The summed E-state index contributed by atoms with van der Waals surface area (Å²) in [5.74, 6) is 0.0664. The molecule has 2 aliphatic heterocycles. The number of amides is 2. The van der Waals surface area contributed by atoms with Gasteiger partial charge in [-0.1, -0.05) is 13.0 Å². The van der Waals surface area contributed by atoms with Crippen LogP contribution in [-0.4, -0.2) is 108 Å². The van der Waals surface area contributed by atoms with E-state index < -0.39 is 0 Å². The summed E-state index contributed by atoms with van der Waals surface area (Å²) in [6.45, 7) is 7.68. The average Bonchev–Trinajstić information content (AvgIpc) is 2.91. The molecule has 198 valence electrons. The van der Waals surface area contributed by atoms with E-state index in [-0.39, 0.29) is 36.5 Å². The molecular formula is C27H40N4O5. The number of rotatable bonds is 7. The predicted octanol–water partition coefficient (Wildman–Crippen LogP) is 2.05. The molecule has 0 spiro atoms. The summed E-state index contributed by atoms with van der Waals surface area (Å²) in [5.41, 5.74) is 2.58. The number of pyridine rings is 1. The maximum Gasteiger partial charge on any atom is 0.259 e. The standard InChI is InChI=1S/C27H40N4O5/c1-19-15-31(20(2)18-32)27(34)23-13-22(21-7-5-4-6-8-21)14-28-26(23)36-24(19)16-29(3)25(33)17-30-9-11-35-12-10-30/h7,13-14,19-20,24,32H,4-6,8-12,15-18H2,1-3H3/t19-,20+,24-/m1/s1. The number of hydrogen-bond donors (Lipinski definition) is 1. The number of fused-ring (bicyclic) bond motifs is 1. The van der Waals surface area contributed by atoms with Gasteiger partial charge in [-0.15, -0.1) is 0 Å². The minimum Gasteiger partial charge on any atom is -0.472 e. The molecule has 0 saturated carbocycles. The van der Waals surface area contributed by atoms with Crippen LogP contribution in [0.4, 0.5) is 0 Å². The molecule has 9 heteroatoms. The Balaban J connectivity index is 1.57. The lowest BCUT2D eigenvalue weighted by Crippen LogP contribution is -2.51. The fourth-order valence-electron chi connectivity index (χ4n) is 5.04. The Hall–Kier alpha value is -2.49. The fourth-order valence-corrected chi connectivity index (χ4v) is 5.04. The smallest absolute Gasteiger partial charge is 0.259 e.